The summed E-state index contributed by atoms with van der Waals surface area (Å²) in [5.41, 5.74) is 2.44. The number of carbonyl (C=O) groups is 1. The SMILES string of the molecule is COc1ccccc1C1(C(=O)NCCNc2cc(-n3nc(C)cc3C)nc(C)n2)CC1. The number of nitrogens with one attached hydrogen (secondary N) is 2. The first-order chi connectivity index (χ1) is 14.9. The third-order valence-electron chi connectivity index (χ3n) is 5.57. The Bertz CT molecular complexity index is 1100. The van der Waals surface area contributed by atoms with Gasteiger partial charge in [-0.2, -0.15) is 5.10 Å². The zero-order valence-corrected chi connectivity index (χ0v) is 18.4. The number of nitrogens with zero attached hydrogens (tertiary/aromatic N) is 4. The van der Waals surface area contributed by atoms with E-state index in [2.05, 4.69) is 25.7 Å². The van der Waals surface area contributed by atoms with Crippen LogP contribution in [0.15, 0.2) is 36.4 Å². The number of para-hydroxylation sites is 1. The third-order valence-corrected chi connectivity index (χ3v) is 5.57. The summed E-state index contributed by atoms with van der Waals surface area (Å²) in [6.45, 7) is 6.85. The lowest BCUT2D eigenvalue weighted by Crippen LogP contribution is -2.37. The third kappa shape index (κ3) is 4.23. The number of ether oxygens (including phenoxy) is 1. The number of carbonyl (C=O) groups excluding carboxylic acids is 1. The summed E-state index contributed by atoms with van der Waals surface area (Å²) in [5, 5.41) is 10.8. The highest BCUT2D eigenvalue weighted by Crippen LogP contribution is 2.51. The number of hydrogen-bond acceptors (Lipinski definition) is 6. The van der Waals surface area contributed by atoms with Gasteiger partial charge in [-0.15, -0.1) is 0 Å². The second kappa shape index (κ2) is 8.37. The van der Waals surface area contributed by atoms with Gasteiger partial charge < -0.3 is 15.4 Å². The molecule has 0 atom stereocenters. The summed E-state index contributed by atoms with van der Waals surface area (Å²) in [4.78, 5) is 21.9. The topological polar surface area (TPSA) is 94.0 Å². The van der Waals surface area contributed by atoms with Gasteiger partial charge in [-0.1, -0.05) is 18.2 Å². The molecule has 2 aromatic heterocycles. The molecule has 1 amide bonds. The number of aromatic nitrogens is 4. The van der Waals surface area contributed by atoms with E-state index in [4.69, 9.17) is 4.74 Å². The number of methoxy groups -OCH3 is 1. The second-order valence-electron chi connectivity index (χ2n) is 7.96. The molecular weight excluding hydrogens is 392 g/mol. The molecule has 4 rings (SSSR count). The first-order valence-electron chi connectivity index (χ1n) is 10.5. The van der Waals surface area contributed by atoms with E-state index in [1.165, 1.54) is 0 Å². The van der Waals surface area contributed by atoms with Gasteiger partial charge in [-0.05, 0) is 45.7 Å². The van der Waals surface area contributed by atoms with E-state index in [9.17, 15) is 4.79 Å². The lowest BCUT2D eigenvalue weighted by molar-refractivity contribution is -0.123. The van der Waals surface area contributed by atoms with Gasteiger partial charge >= 0.3 is 0 Å². The van der Waals surface area contributed by atoms with Gasteiger partial charge in [0, 0.05) is 30.4 Å². The van der Waals surface area contributed by atoms with E-state index in [0.29, 0.717) is 24.7 Å². The zero-order chi connectivity index (χ0) is 22.0. The molecule has 8 nitrogen and oxygen atoms in total. The van der Waals surface area contributed by atoms with Crippen LogP contribution in [0.5, 0.6) is 5.75 Å². The lowest BCUT2D eigenvalue weighted by atomic mass is 9.94. The fraction of sp³-hybridized carbons (Fsp3) is 0.391. The molecular formula is C23H28N6O2. The predicted octanol–water partition coefficient (Wildman–Crippen LogP) is 2.86. The molecule has 1 aromatic carbocycles. The molecule has 1 saturated carbocycles. The smallest absolute Gasteiger partial charge is 0.230 e. The van der Waals surface area contributed by atoms with Gasteiger partial charge in [0.25, 0.3) is 0 Å². The summed E-state index contributed by atoms with van der Waals surface area (Å²) in [6.07, 6.45) is 1.67. The van der Waals surface area contributed by atoms with Gasteiger partial charge in [-0.25, -0.2) is 14.6 Å². The normalized spacial score (nSPS) is 14.2. The van der Waals surface area contributed by atoms with Crippen LogP contribution in [0.1, 0.15) is 35.6 Å². The first-order valence-corrected chi connectivity index (χ1v) is 10.5. The average Bonchev–Trinajstić information content (AvgIpc) is 3.49. The Morgan fingerprint density at radius 2 is 1.90 bits per heavy atom. The van der Waals surface area contributed by atoms with E-state index in [0.717, 1.165) is 41.4 Å². The fourth-order valence-electron chi connectivity index (χ4n) is 3.93. The highest BCUT2D eigenvalue weighted by Gasteiger charge is 2.52. The molecule has 0 radical (unpaired) electrons. The Balaban J connectivity index is 1.37. The molecule has 0 spiro atoms. The molecule has 2 N–H and O–H groups in total. The van der Waals surface area contributed by atoms with Crippen LogP contribution in [0.25, 0.3) is 5.82 Å². The zero-order valence-electron chi connectivity index (χ0n) is 18.4. The van der Waals surface area contributed by atoms with Crippen molar-refractivity contribution in [2.75, 3.05) is 25.5 Å². The molecule has 0 saturated heterocycles. The van der Waals surface area contributed by atoms with Crippen molar-refractivity contribution in [3.63, 3.8) is 0 Å². The van der Waals surface area contributed by atoms with Crippen LogP contribution in [0, 0.1) is 20.8 Å². The predicted molar refractivity (Wildman–Crippen MR) is 119 cm³/mol. The maximum atomic E-state index is 12.9. The number of amides is 1. The number of benzene rings is 1. The quantitative estimate of drug-likeness (QED) is 0.544. The molecule has 8 heteroatoms. The largest absolute Gasteiger partial charge is 0.496 e. The molecule has 1 aliphatic rings. The van der Waals surface area contributed by atoms with Crippen LogP contribution in [-0.2, 0) is 10.2 Å². The minimum atomic E-state index is -0.471. The summed E-state index contributed by atoms with van der Waals surface area (Å²) in [5.74, 6) is 2.89. The van der Waals surface area contributed by atoms with E-state index in [1.54, 1.807) is 11.8 Å². The van der Waals surface area contributed by atoms with Gasteiger partial charge in [0.15, 0.2) is 5.82 Å². The molecule has 1 fully saturated rings. The number of aryl methyl sites for hydroxylation is 3. The summed E-state index contributed by atoms with van der Waals surface area (Å²) < 4.78 is 7.27. The molecule has 0 aliphatic heterocycles. The van der Waals surface area contributed by atoms with Crippen LogP contribution in [0.2, 0.25) is 0 Å². The number of anilines is 1. The van der Waals surface area contributed by atoms with Crippen molar-refractivity contribution in [3.05, 3.63) is 59.2 Å². The van der Waals surface area contributed by atoms with Crippen LogP contribution in [0.4, 0.5) is 5.82 Å². The minimum Gasteiger partial charge on any atom is -0.496 e. The Morgan fingerprint density at radius 1 is 1.13 bits per heavy atom. The minimum absolute atomic E-state index is 0.0426. The Morgan fingerprint density at radius 3 is 2.58 bits per heavy atom. The van der Waals surface area contributed by atoms with Crippen LogP contribution >= 0.6 is 0 Å². The molecule has 1 aliphatic carbocycles. The molecule has 31 heavy (non-hydrogen) atoms. The first kappa shape index (κ1) is 20.8. The highest BCUT2D eigenvalue weighted by molar-refractivity contribution is 5.92. The van der Waals surface area contributed by atoms with Crippen molar-refractivity contribution < 1.29 is 9.53 Å². The van der Waals surface area contributed by atoms with E-state index >= 15 is 0 Å². The lowest BCUT2D eigenvalue weighted by Gasteiger charge is -2.18. The molecule has 3 aromatic rings. The van der Waals surface area contributed by atoms with Crippen molar-refractivity contribution >= 4 is 11.7 Å². The molecule has 162 valence electrons. The van der Waals surface area contributed by atoms with Crippen LogP contribution in [0.3, 0.4) is 0 Å². The van der Waals surface area contributed by atoms with E-state index in [-0.39, 0.29) is 5.91 Å². The van der Waals surface area contributed by atoms with E-state index < -0.39 is 5.41 Å². The van der Waals surface area contributed by atoms with Gasteiger partial charge in [0.2, 0.25) is 5.91 Å². The maximum Gasteiger partial charge on any atom is 0.230 e. The Labute approximate surface area is 182 Å². The average molecular weight is 421 g/mol. The van der Waals surface area contributed by atoms with Crippen molar-refractivity contribution in [2.24, 2.45) is 0 Å². The summed E-state index contributed by atoms with van der Waals surface area (Å²) in [7, 11) is 1.64. The molecule has 2 heterocycles. The Kier molecular flexibility index (Phi) is 5.63. The highest BCUT2D eigenvalue weighted by atomic mass is 16.5. The monoisotopic (exact) mass is 420 g/mol. The van der Waals surface area contributed by atoms with Gasteiger partial charge in [0.05, 0.1) is 18.2 Å². The van der Waals surface area contributed by atoms with Crippen LogP contribution < -0.4 is 15.4 Å². The van der Waals surface area contributed by atoms with Gasteiger partial charge in [0.1, 0.15) is 17.4 Å². The Hall–Kier alpha value is -3.42. The van der Waals surface area contributed by atoms with Crippen molar-refractivity contribution in [2.45, 2.75) is 39.0 Å². The molecule has 0 unspecified atom stereocenters. The van der Waals surface area contributed by atoms with Crippen molar-refractivity contribution in [3.8, 4) is 11.6 Å². The number of rotatable bonds is 8. The van der Waals surface area contributed by atoms with Gasteiger partial charge in [-0.3, -0.25) is 4.79 Å². The maximum absolute atomic E-state index is 12.9. The molecule has 0 bridgehead atoms. The standard InChI is InChI=1S/C23H28N6O2/c1-15-13-16(2)29(28-15)21-14-20(26-17(3)27-21)24-11-12-25-22(30)23(9-10-23)18-7-5-6-8-19(18)31-4/h5-8,13-14H,9-12H2,1-4H3,(H,25,30)(H,24,26,27). The van der Waals surface area contributed by atoms with Crippen molar-refractivity contribution in [1.82, 2.24) is 25.1 Å². The number of hydrogen-bond donors (Lipinski definition) is 2. The van der Waals surface area contributed by atoms with Crippen LogP contribution in [-0.4, -0.2) is 45.9 Å². The van der Waals surface area contributed by atoms with E-state index in [1.807, 2.05) is 57.2 Å². The summed E-state index contributed by atoms with van der Waals surface area (Å²) >= 11 is 0. The summed E-state index contributed by atoms with van der Waals surface area (Å²) in [6, 6.07) is 11.6. The fourth-order valence-corrected chi connectivity index (χ4v) is 3.93. The van der Waals surface area contributed by atoms with Crippen molar-refractivity contribution in [1.29, 1.82) is 0 Å². The second-order valence-corrected chi connectivity index (χ2v) is 7.96.